The van der Waals surface area contributed by atoms with Gasteiger partial charge in [0.2, 0.25) is 5.16 Å². The molecule has 0 aliphatic rings. The van der Waals surface area contributed by atoms with E-state index in [1.807, 2.05) is 26.1 Å². The molecule has 0 aliphatic heterocycles. The number of nitrogens with zero attached hydrogens (tertiary/aromatic N) is 4. The molecule has 0 saturated heterocycles. The zero-order valence-corrected chi connectivity index (χ0v) is 11.5. The zero-order chi connectivity index (χ0) is 13.1. The first kappa shape index (κ1) is 13.1. The Hall–Kier alpha value is -1.34. The maximum atomic E-state index is 6.17. The van der Waals surface area contributed by atoms with Crippen LogP contribution in [-0.4, -0.2) is 26.2 Å². The van der Waals surface area contributed by atoms with Gasteiger partial charge in [-0.3, -0.25) is 0 Å². The smallest absolute Gasteiger partial charge is 0.209 e. The van der Waals surface area contributed by atoms with E-state index < -0.39 is 0 Å². The van der Waals surface area contributed by atoms with E-state index in [0.717, 1.165) is 23.1 Å². The molecule has 2 heterocycles. The standard InChI is InChI=1S/C11H17N5OS/c1-4-8(12)10(9-6-5-7(2)17-9)18-11-13-14-15-16(11)3/h5-6,8,10H,4,12H2,1-3H3. The number of rotatable bonds is 5. The largest absolute Gasteiger partial charge is 0.465 e. The monoisotopic (exact) mass is 267 g/mol. The van der Waals surface area contributed by atoms with Gasteiger partial charge in [-0.15, -0.1) is 5.10 Å². The van der Waals surface area contributed by atoms with Crippen molar-refractivity contribution in [3.05, 3.63) is 23.7 Å². The number of aromatic nitrogens is 4. The van der Waals surface area contributed by atoms with Crippen LogP contribution in [0.5, 0.6) is 0 Å². The minimum Gasteiger partial charge on any atom is -0.465 e. The summed E-state index contributed by atoms with van der Waals surface area (Å²) < 4.78 is 7.31. The third-order valence-corrected chi connectivity index (χ3v) is 4.11. The van der Waals surface area contributed by atoms with Gasteiger partial charge in [0, 0.05) is 13.1 Å². The van der Waals surface area contributed by atoms with Crippen molar-refractivity contribution in [3.8, 4) is 0 Å². The molecule has 0 bridgehead atoms. The van der Waals surface area contributed by atoms with Crippen molar-refractivity contribution in [3.63, 3.8) is 0 Å². The van der Waals surface area contributed by atoms with Gasteiger partial charge >= 0.3 is 0 Å². The number of hydrogen-bond donors (Lipinski definition) is 1. The summed E-state index contributed by atoms with van der Waals surface area (Å²) >= 11 is 1.53. The lowest BCUT2D eigenvalue weighted by atomic mass is 10.1. The Bertz CT molecular complexity index is 509. The van der Waals surface area contributed by atoms with Crippen molar-refractivity contribution >= 4 is 11.8 Å². The number of thioether (sulfide) groups is 1. The van der Waals surface area contributed by atoms with E-state index in [2.05, 4.69) is 22.4 Å². The second-order valence-electron chi connectivity index (χ2n) is 4.14. The van der Waals surface area contributed by atoms with Gasteiger partial charge in [0.1, 0.15) is 11.5 Å². The highest BCUT2D eigenvalue weighted by atomic mass is 32.2. The summed E-state index contributed by atoms with van der Waals surface area (Å²) in [7, 11) is 1.81. The molecule has 2 atom stereocenters. The molecular weight excluding hydrogens is 250 g/mol. The summed E-state index contributed by atoms with van der Waals surface area (Å²) in [6.45, 7) is 3.98. The molecule has 6 nitrogen and oxygen atoms in total. The Labute approximate surface area is 110 Å². The summed E-state index contributed by atoms with van der Waals surface area (Å²) in [4.78, 5) is 0. The van der Waals surface area contributed by atoms with Crippen molar-refractivity contribution in [2.24, 2.45) is 12.8 Å². The average molecular weight is 267 g/mol. The van der Waals surface area contributed by atoms with E-state index >= 15 is 0 Å². The molecule has 18 heavy (non-hydrogen) atoms. The molecule has 0 radical (unpaired) electrons. The first-order valence-corrected chi connectivity index (χ1v) is 6.70. The predicted molar refractivity (Wildman–Crippen MR) is 69.1 cm³/mol. The van der Waals surface area contributed by atoms with Crippen molar-refractivity contribution in [2.75, 3.05) is 0 Å². The molecule has 98 valence electrons. The van der Waals surface area contributed by atoms with E-state index in [-0.39, 0.29) is 11.3 Å². The first-order chi connectivity index (χ1) is 8.61. The quantitative estimate of drug-likeness (QED) is 0.830. The fraction of sp³-hybridized carbons (Fsp3) is 0.545. The molecule has 0 amide bonds. The summed E-state index contributed by atoms with van der Waals surface area (Å²) in [6.07, 6.45) is 0.864. The van der Waals surface area contributed by atoms with Crippen molar-refractivity contribution in [1.29, 1.82) is 0 Å². The van der Waals surface area contributed by atoms with Gasteiger partial charge in [-0.05, 0) is 35.9 Å². The molecule has 0 saturated carbocycles. The highest BCUT2D eigenvalue weighted by Gasteiger charge is 2.25. The Morgan fingerprint density at radius 2 is 2.28 bits per heavy atom. The maximum Gasteiger partial charge on any atom is 0.209 e. The second-order valence-corrected chi connectivity index (χ2v) is 5.25. The molecule has 0 aliphatic carbocycles. The molecule has 2 unspecified atom stereocenters. The lowest BCUT2D eigenvalue weighted by molar-refractivity contribution is 0.454. The topological polar surface area (TPSA) is 82.8 Å². The van der Waals surface area contributed by atoms with E-state index in [9.17, 15) is 0 Å². The van der Waals surface area contributed by atoms with Gasteiger partial charge in [0.05, 0.1) is 5.25 Å². The van der Waals surface area contributed by atoms with Crippen LogP contribution >= 0.6 is 11.8 Å². The second kappa shape index (κ2) is 5.53. The molecule has 2 N–H and O–H groups in total. The van der Waals surface area contributed by atoms with E-state index in [1.165, 1.54) is 11.8 Å². The average Bonchev–Trinajstić information content (AvgIpc) is 2.94. The SMILES string of the molecule is CCC(N)C(Sc1nnnn1C)c1ccc(C)o1. The van der Waals surface area contributed by atoms with Gasteiger partial charge in [-0.25, -0.2) is 4.68 Å². The van der Waals surface area contributed by atoms with Crippen LogP contribution in [0.4, 0.5) is 0 Å². The van der Waals surface area contributed by atoms with Crippen molar-refractivity contribution in [2.45, 2.75) is 36.7 Å². The fourth-order valence-electron chi connectivity index (χ4n) is 1.61. The fourth-order valence-corrected chi connectivity index (χ4v) is 2.72. The Morgan fingerprint density at radius 3 is 2.78 bits per heavy atom. The van der Waals surface area contributed by atoms with Crippen LogP contribution in [0.1, 0.15) is 30.1 Å². The molecule has 0 fully saturated rings. The van der Waals surface area contributed by atoms with Crippen molar-refractivity contribution in [1.82, 2.24) is 20.2 Å². The first-order valence-electron chi connectivity index (χ1n) is 5.82. The highest BCUT2D eigenvalue weighted by molar-refractivity contribution is 7.99. The summed E-state index contributed by atoms with van der Waals surface area (Å²) in [5.41, 5.74) is 6.17. The molecule has 7 heteroatoms. The van der Waals surface area contributed by atoms with E-state index in [1.54, 1.807) is 4.68 Å². The number of tetrazole rings is 1. The zero-order valence-electron chi connectivity index (χ0n) is 10.7. The minimum absolute atomic E-state index is 0.00255. The number of aryl methyl sites for hydroxylation is 2. The molecule has 2 aromatic heterocycles. The van der Waals surface area contributed by atoms with E-state index in [0.29, 0.717) is 0 Å². The molecular formula is C11H17N5OS. The van der Waals surface area contributed by atoms with Crippen LogP contribution in [0.15, 0.2) is 21.7 Å². The third-order valence-electron chi connectivity index (χ3n) is 2.72. The van der Waals surface area contributed by atoms with Gasteiger partial charge in [0.25, 0.3) is 0 Å². The van der Waals surface area contributed by atoms with Gasteiger partial charge in [-0.2, -0.15) is 0 Å². The van der Waals surface area contributed by atoms with Crippen LogP contribution in [0.25, 0.3) is 0 Å². The van der Waals surface area contributed by atoms with Gasteiger partial charge in [0.15, 0.2) is 0 Å². The Morgan fingerprint density at radius 1 is 1.50 bits per heavy atom. The molecule has 2 rings (SSSR count). The lowest BCUT2D eigenvalue weighted by Gasteiger charge is -2.19. The maximum absolute atomic E-state index is 6.17. The molecule has 0 aromatic carbocycles. The van der Waals surface area contributed by atoms with Crippen LogP contribution in [0, 0.1) is 6.92 Å². The number of nitrogens with two attached hydrogens (primary N) is 1. The number of hydrogen-bond acceptors (Lipinski definition) is 6. The lowest BCUT2D eigenvalue weighted by Crippen LogP contribution is -2.25. The predicted octanol–water partition coefficient (Wildman–Crippen LogP) is 1.68. The van der Waals surface area contributed by atoms with Gasteiger partial charge < -0.3 is 10.2 Å². The normalized spacial score (nSPS) is 14.7. The van der Waals surface area contributed by atoms with Crippen LogP contribution in [-0.2, 0) is 7.05 Å². The summed E-state index contributed by atoms with van der Waals surface area (Å²) in [5.74, 6) is 1.75. The molecule has 0 spiro atoms. The summed E-state index contributed by atoms with van der Waals surface area (Å²) in [6, 6.07) is 3.91. The van der Waals surface area contributed by atoms with Gasteiger partial charge in [-0.1, -0.05) is 18.7 Å². The van der Waals surface area contributed by atoms with Crippen LogP contribution in [0.2, 0.25) is 0 Å². The Balaban J connectivity index is 2.23. The summed E-state index contributed by atoms with van der Waals surface area (Å²) in [5, 5.41) is 12.2. The van der Waals surface area contributed by atoms with E-state index in [4.69, 9.17) is 10.2 Å². The third kappa shape index (κ3) is 2.73. The highest BCUT2D eigenvalue weighted by Crippen LogP contribution is 2.37. The molecule has 2 aromatic rings. The van der Waals surface area contributed by atoms with Crippen LogP contribution in [0.3, 0.4) is 0 Å². The number of furan rings is 1. The van der Waals surface area contributed by atoms with Crippen LogP contribution < -0.4 is 5.73 Å². The van der Waals surface area contributed by atoms with Crippen molar-refractivity contribution < 1.29 is 4.42 Å². The minimum atomic E-state index is -0.00255. The Kier molecular flexibility index (Phi) is 4.03.